The molecule has 1 fully saturated rings. The molecule has 0 aromatic heterocycles. The third-order valence-corrected chi connectivity index (χ3v) is 5.87. The van der Waals surface area contributed by atoms with Crippen LogP contribution in [0.4, 0.5) is 0 Å². The Kier molecular flexibility index (Phi) is 6.33. The summed E-state index contributed by atoms with van der Waals surface area (Å²) < 4.78 is 0. The maximum Gasteiger partial charge on any atom is 0.223 e. The van der Waals surface area contributed by atoms with E-state index in [1.54, 1.807) is 0 Å². The van der Waals surface area contributed by atoms with Crippen LogP contribution in [0.15, 0.2) is 42.5 Å². The van der Waals surface area contributed by atoms with Crippen LogP contribution in [-0.2, 0) is 11.3 Å². The number of benzene rings is 2. The van der Waals surface area contributed by atoms with E-state index >= 15 is 0 Å². The first-order chi connectivity index (χ1) is 12.9. The van der Waals surface area contributed by atoms with E-state index in [4.69, 9.17) is 0 Å². The number of carbonyl (C=O) groups is 1. The zero-order valence-corrected chi connectivity index (χ0v) is 17.1. The number of hydrogen-bond donors (Lipinski definition) is 1. The molecule has 144 valence electrons. The molecule has 0 radical (unpaired) electrons. The predicted octanol–water partition coefficient (Wildman–Crippen LogP) is 4.70. The lowest BCUT2D eigenvalue weighted by molar-refractivity contribution is -0.127. The second-order valence-electron chi connectivity index (χ2n) is 8.11. The average Bonchev–Trinajstić information content (AvgIpc) is 2.66. The lowest BCUT2D eigenvalue weighted by Crippen LogP contribution is -2.40. The zero-order chi connectivity index (χ0) is 19.4. The Balaban J connectivity index is 1.49. The first-order valence-electron chi connectivity index (χ1n) is 10.1. The van der Waals surface area contributed by atoms with Gasteiger partial charge in [-0.2, -0.15) is 0 Å². The van der Waals surface area contributed by atoms with Crippen molar-refractivity contribution in [2.75, 3.05) is 13.1 Å². The van der Waals surface area contributed by atoms with E-state index < -0.39 is 0 Å². The number of nitrogens with zero attached hydrogens (tertiary/aromatic N) is 1. The smallest absolute Gasteiger partial charge is 0.223 e. The molecule has 0 spiro atoms. The van der Waals surface area contributed by atoms with Crippen LogP contribution < -0.4 is 5.32 Å². The molecule has 3 heteroatoms. The molecule has 1 atom stereocenters. The zero-order valence-electron chi connectivity index (χ0n) is 17.1. The molecular weight excluding hydrogens is 332 g/mol. The summed E-state index contributed by atoms with van der Waals surface area (Å²) in [4.78, 5) is 15.2. The summed E-state index contributed by atoms with van der Waals surface area (Å²) in [5.41, 5.74) is 6.40. The molecule has 0 unspecified atom stereocenters. The highest BCUT2D eigenvalue weighted by Gasteiger charge is 2.26. The second kappa shape index (κ2) is 8.71. The number of likely N-dealkylation sites (tertiary alicyclic amines) is 1. The van der Waals surface area contributed by atoms with Gasteiger partial charge >= 0.3 is 0 Å². The number of rotatable bonds is 5. The van der Waals surface area contributed by atoms with E-state index in [-0.39, 0.29) is 17.9 Å². The first kappa shape index (κ1) is 19.6. The Labute approximate surface area is 163 Å². The van der Waals surface area contributed by atoms with E-state index in [2.05, 4.69) is 80.4 Å². The molecular formula is C24H32N2O. The lowest BCUT2D eigenvalue weighted by Gasteiger charge is -2.32. The van der Waals surface area contributed by atoms with E-state index in [0.717, 1.165) is 32.5 Å². The number of amides is 1. The van der Waals surface area contributed by atoms with Crippen LogP contribution in [-0.4, -0.2) is 23.9 Å². The van der Waals surface area contributed by atoms with Crippen LogP contribution in [0.3, 0.4) is 0 Å². The number of nitrogens with one attached hydrogen (secondary N) is 1. The number of hydrogen-bond acceptors (Lipinski definition) is 2. The minimum absolute atomic E-state index is 0.0578. The van der Waals surface area contributed by atoms with E-state index in [9.17, 15) is 4.79 Å². The van der Waals surface area contributed by atoms with Crippen molar-refractivity contribution in [1.82, 2.24) is 10.2 Å². The summed E-state index contributed by atoms with van der Waals surface area (Å²) in [7, 11) is 0. The SMILES string of the molecule is Cc1ccc(CN2CCC(C(=O)N[C@@H](C)c3ccc(C)c(C)c3)CC2)cc1. The van der Waals surface area contributed by atoms with Crippen molar-refractivity contribution in [3.8, 4) is 0 Å². The fourth-order valence-corrected chi connectivity index (χ4v) is 3.75. The Morgan fingerprint density at radius 2 is 1.70 bits per heavy atom. The molecule has 2 aromatic rings. The van der Waals surface area contributed by atoms with Crippen LogP contribution in [0.2, 0.25) is 0 Å². The van der Waals surface area contributed by atoms with E-state index in [0.29, 0.717) is 0 Å². The Morgan fingerprint density at radius 3 is 2.33 bits per heavy atom. The van der Waals surface area contributed by atoms with Crippen molar-refractivity contribution < 1.29 is 4.79 Å². The molecule has 27 heavy (non-hydrogen) atoms. The monoisotopic (exact) mass is 364 g/mol. The van der Waals surface area contributed by atoms with Gasteiger partial charge in [0.2, 0.25) is 5.91 Å². The quantitative estimate of drug-likeness (QED) is 0.834. The van der Waals surface area contributed by atoms with Gasteiger partial charge in [0.05, 0.1) is 6.04 Å². The van der Waals surface area contributed by atoms with Crippen LogP contribution in [0, 0.1) is 26.7 Å². The maximum atomic E-state index is 12.7. The van der Waals surface area contributed by atoms with Crippen LogP contribution >= 0.6 is 0 Å². The summed E-state index contributed by atoms with van der Waals surface area (Å²) in [6, 6.07) is 15.3. The summed E-state index contributed by atoms with van der Waals surface area (Å²) in [6.45, 7) is 11.4. The molecule has 0 bridgehead atoms. The largest absolute Gasteiger partial charge is 0.349 e. The van der Waals surface area contributed by atoms with Crippen LogP contribution in [0.1, 0.15) is 53.6 Å². The van der Waals surface area contributed by atoms with Gasteiger partial charge in [0, 0.05) is 12.5 Å². The summed E-state index contributed by atoms with van der Waals surface area (Å²) >= 11 is 0. The first-order valence-corrected chi connectivity index (χ1v) is 10.1. The summed E-state index contributed by atoms with van der Waals surface area (Å²) in [5, 5.41) is 3.23. The minimum Gasteiger partial charge on any atom is -0.349 e. The van der Waals surface area contributed by atoms with Gasteiger partial charge in [-0.1, -0.05) is 48.0 Å². The van der Waals surface area contributed by atoms with Crippen LogP contribution in [0.25, 0.3) is 0 Å². The van der Waals surface area contributed by atoms with Crippen molar-refractivity contribution >= 4 is 5.91 Å². The molecule has 1 amide bonds. The number of carbonyl (C=O) groups excluding carboxylic acids is 1. The van der Waals surface area contributed by atoms with Gasteiger partial charge in [-0.15, -0.1) is 0 Å². The standard InChI is InChI=1S/C24H32N2O/c1-17-5-8-21(9-6-17)16-26-13-11-22(12-14-26)24(27)25-20(4)23-10-7-18(2)19(3)15-23/h5-10,15,20,22H,11-14,16H2,1-4H3,(H,25,27)/t20-/m0/s1. The fourth-order valence-electron chi connectivity index (χ4n) is 3.75. The Bertz CT molecular complexity index is 773. The average molecular weight is 365 g/mol. The van der Waals surface area contributed by atoms with Crippen LogP contribution in [0.5, 0.6) is 0 Å². The normalized spacial score (nSPS) is 16.9. The molecule has 3 nitrogen and oxygen atoms in total. The molecule has 2 aromatic carbocycles. The molecule has 3 rings (SSSR count). The molecule has 1 aliphatic heterocycles. The fraction of sp³-hybridized carbons (Fsp3) is 0.458. The topological polar surface area (TPSA) is 32.3 Å². The van der Waals surface area contributed by atoms with E-state index in [1.807, 2.05) is 0 Å². The highest BCUT2D eigenvalue weighted by molar-refractivity contribution is 5.79. The second-order valence-corrected chi connectivity index (χ2v) is 8.11. The summed E-state index contributed by atoms with van der Waals surface area (Å²) in [6.07, 6.45) is 1.88. The molecule has 1 saturated heterocycles. The van der Waals surface area contributed by atoms with Crippen molar-refractivity contribution in [3.63, 3.8) is 0 Å². The highest BCUT2D eigenvalue weighted by atomic mass is 16.1. The Morgan fingerprint density at radius 1 is 1.04 bits per heavy atom. The minimum atomic E-state index is 0.0578. The number of aryl methyl sites for hydroxylation is 3. The van der Waals surface area contributed by atoms with Crippen molar-refractivity contribution in [2.45, 2.75) is 53.1 Å². The Hall–Kier alpha value is -2.13. The van der Waals surface area contributed by atoms with Gasteiger partial charge in [-0.05, 0) is 75.9 Å². The van der Waals surface area contributed by atoms with Crippen molar-refractivity contribution in [1.29, 1.82) is 0 Å². The summed E-state index contributed by atoms with van der Waals surface area (Å²) in [5.74, 6) is 0.337. The molecule has 0 saturated carbocycles. The van der Waals surface area contributed by atoms with Crippen molar-refractivity contribution in [3.05, 3.63) is 70.3 Å². The van der Waals surface area contributed by atoms with Crippen molar-refractivity contribution in [2.24, 2.45) is 5.92 Å². The third kappa shape index (κ3) is 5.20. The molecule has 1 aliphatic rings. The lowest BCUT2D eigenvalue weighted by atomic mass is 9.94. The van der Waals surface area contributed by atoms with Gasteiger partial charge in [-0.3, -0.25) is 9.69 Å². The molecule has 0 aliphatic carbocycles. The van der Waals surface area contributed by atoms with Gasteiger partial charge in [-0.25, -0.2) is 0 Å². The maximum absolute atomic E-state index is 12.7. The third-order valence-electron chi connectivity index (χ3n) is 5.87. The van der Waals surface area contributed by atoms with Gasteiger partial charge in [0.1, 0.15) is 0 Å². The number of piperidine rings is 1. The highest BCUT2D eigenvalue weighted by Crippen LogP contribution is 2.22. The van der Waals surface area contributed by atoms with Gasteiger partial charge in [0.25, 0.3) is 0 Å². The molecule has 1 heterocycles. The molecule has 1 N–H and O–H groups in total. The van der Waals surface area contributed by atoms with Gasteiger partial charge in [0.15, 0.2) is 0 Å². The van der Waals surface area contributed by atoms with Gasteiger partial charge < -0.3 is 5.32 Å². The van der Waals surface area contributed by atoms with E-state index in [1.165, 1.54) is 27.8 Å². The predicted molar refractivity (Wildman–Crippen MR) is 112 cm³/mol.